The Morgan fingerprint density at radius 1 is 1.44 bits per heavy atom. The van der Waals surface area contributed by atoms with E-state index in [1.165, 1.54) is 17.1 Å². The lowest BCUT2D eigenvalue weighted by Crippen LogP contribution is -2.12. The van der Waals surface area contributed by atoms with Gasteiger partial charge in [0, 0.05) is 25.2 Å². The van der Waals surface area contributed by atoms with E-state index >= 15 is 0 Å². The van der Waals surface area contributed by atoms with Gasteiger partial charge in [-0.05, 0) is 0 Å². The second-order valence-electron chi connectivity index (χ2n) is 4.22. The third-order valence-electron chi connectivity index (χ3n) is 2.33. The normalized spacial score (nSPS) is 12.0. The molecule has 0 aliphatic carbocycles. The molecule has 0 spiro atoms. The lowest BCUT2D eigenvalue weighted by atomic mass is 10.2. The fourth-order valence-corrected chi connectivity index (χ4v) is 2.31. The van der Waals surface area contributed by atoms with Crippen LogP contribution in [0.2, 0.25) is 0 Å². The summed E-state index contributed by atoms with van der Waals surface area (Å²) < 4.78 is 32.7. The molecule has 7 nitrogen and oxygen atoms in total. The smallest absolute Gasteiger partial charge is 0.266 e. The van der Waals surface area contributed by atoms with Crippen molar-refractivity contribution in [1.29, 1.82) is 0 Å². The molecule has 0 bridgehead atoms. The summed E-state index contributed by atoms with van der Waals surface area (Å²) in [5.74, 6) is 0.940. The zero-order valence-electron chi connectivity index (χ0n) is 10.3. The van der Waals surface area contributed by atoms with Crippen molar-refractivity contribution in [2.24, 2.45) is 7.05 Å². The standard InChI is InChI=1S/C10H14N4O3S/c1-7(2)9-4-10(12-17-9)13-18(15,16)8-5-11-14(3)6-8/h4-7H,1-3H3,(H,12,13). The molecule has 0 aromatic carbocycles. The molecule has 1 N–H and O–H groups in total. The zero-order valence-corrected chi connectivity index (χ0v) is 11.1. The summed E-state index contributed by atoms with van der Waals surface area (Å²) in [6.07, 6.45) is 2.68. The molecule has 0 aliphatic rings. The Bertz CT molecular complexity index is 642. The van der Waals surface area contributed by atoms with E-state index in [-0.39, 0.29) is 16.6 Å². The van der Waals surface area contributed by atoms with Crippen LogP contribution in [0.15, 0.2) is 27.9 Å². The third kappa shape index (κ3) is 2.53. The predicted octanol–water partition coefficient (Wildman–Crippen LogP) is 1.33. The Labute approximate surface area is 105 Å². The Hall–Kier alpha value is -1.83. The van der Waals surface area contributed by atoms with E-state index in [0.29, 0.717) is 5.76 Å². The number of rotatable bonds is 4. The molecule has 0 radical (unpaired) electrons. The maximum Gasteiger partial charge on any atom is 0.266 e. The van der Waals surface area contributed by atoms with Gasteiger partial charge in [-0.15, -0.1) is 0 Å². The van der Waals surface area contributed by atoms with Crippen LogP contribution in [0.5, 0.6) is 0 Å². The van der Waals surface area contributed by atoms with E-state index in [9.17, 15) is 8.42 Å². The topological polar surface area (TPSA) is 90.0 Å². The second kappa shape index (κ2) is 4.45. The molecule has 0 atom stereocenters. The van der Waals surface area contributed by atoms with Crippen molar-refractivity contribution in [2.45, 2.75) is 24.7 Å². The van der Waals surface area contributed by atoms with Gasteiger partial charge in [-0.25, -0.2) is 8.42 Å². The van der Waals surface area contributed by atoms with Crippen LogP contribution in [0.1, 0.15) is 25.5 Å². The van der Waals surface area contributed by atoms with Crippen LogP contribution in [-0.4, -0.2) is 23.4 Å². The van der Waals surface area contributed by atoms with Crippen molar-refractivity contribution in [3.05, 3.63) is 24.2 Å². The Kier molecular flexibility index (Phi) is 3.12. The average Bonchev–Trinajstić information content (AvgIpc) is 2.86. The van der Waals surface area contributed by atoms with Gasteiger partial charge in [-0.3, -0.25) is 9.40 Å². The third-order valence-corrected chi connectivity index (χ3v) is 3.64. The van der Waals surface area contributed by atoms with E-state index in [4.69, 9.17) is 4.52 Å². The quantitative estimate of drug-likeness (QED) is 0.905. The highest BCUT2D eigenvalue weighted by atomic mass is 32.2. The van der Waals surface area contributed by atoms with Crippen LogP contribution in [0.25, 0.3) is 0 Å². The van der Waals surface area contributed by atoms with E-state index < -0.39 is 10.0 Å². The Balaban J connectivity index is 2.22. The SMILES string of the molecule is CC(C)c1cc(NS(=O)(=O)c2cnn(C)c2)no1. The monoisotopic (exact) mass is 270 g/mol. The van der Waals surface area contributed by atoms with Gasteiger partial charge in [0.15, 0.2) is 5.82 Å². The molecule has 0 amide bonds. The lowest BCUT2D eigenvalue weighted by Gasteiger charge is -2.00. The van der Waals surface area contributed by atoms with Crippen LogP contribution >= 0.6 is 0 Å². The molecule has 0 aliphatic heterocycles. The fraction of sp³-hybridized carbons (Fsp3) is 0.400. The molecule has 2 heterocycles. The first-order valence-corrected chi connectivity index (χ1v) is 6.85. The summed E-state index contributed by atoms with van der Waals surface area (Å²) in [5, 5.41) is 7.47. The minimum absolute atomic E-state index is 0.0825. The highest BCUT2D eigenvalue weighted by Gasteiger charge is 2.18. The highest BCUT2D eigenvalue weighted by Crippen LogP contribution is 2.20. The molecule has 0 saturated heterocycles. The minimum atomic E-state index is -3.66. The summed E-state index contributed by atoms with van der Waals surface area (Å²) in [7, 11) is -2.02. The van der Waals surface area contributed by atoms with Crippen molar-refractivity contribution in [3.63, 3.8) is 0 Å². The fourth-order valence-electron chi connectivity index (χ4n) is 1.34. The minimum Gasteiger partial charge on any atom is -0.359 e. The number of anilines is 1. The van der Waals surface area contributed by atoms with Crippen LogP contribution < -0.4 is 4.72 Å². The maximum absolute atomic E-state index is 11.9. The van der Waals surface area contributed by atoms with Gasteiger partial charge in [-0.1, -0.05) is 19.0 Å². The maximum atomic E-state index is 11.9. The largest absolute Gasteiger partial charge is 0.359 e. The first kappa shape index (κ1) is 12.6. The van der Waals surface area contributed by atoms with Gasteiger partial charge in [-0.2, -0.15) is 5.10 Å². The van der Waals surface area contributed by atoms with Gasteiger partial charge in [0.05, 0.1) is 6.20 Å². The molecule has 0 saturated carbocycles. The second-order valence-corrected chi connectivity index (χ2v) is 5.91. The molecule has 98 valence electrons. The van der Waals surface area contributed by atoms with Gasteiger partial charge >= 0.3 is 0 Å². The van der Waals surface area contributed by atoms with Crippen LogP contribution in [0.4, 0.5) is 5.82 Å². The first-order chi connectivity index (χ1) is 8.38. The summed E-state index contributed by atoms with van der Waals surface area (Å²) in [6.45, 7) is 3.86. The number of hydrogen-bond donors (Lipinski definition) is 1. The van der Waals surface area contributed by atoms with Crippen molar-refractivity contribution < 1.29 is 12.9 Å². The van der Waals surface area contributed by atoms with E-state index in [0.717, 1.165) is 0 Å². The van der Waals surface area contributed by atoms with E-state index in [1.807, 2.05) is 13.8 Å². The lowest BCUT2D eigenvalue weighted by molar-refractivity contribution is 0.373. The Morgan fingerprint density at radius 2 is 2.17 bits per heavy atom. The highest BCUT2D eigenvalue weighted by molar-refractivity contribution is 7.92. The Morgan fingerprint density at radius 3 is 2.67 bits per heavy atom. The first-order valence-electron chi connectivity index (χ1n) is 5.36. The molecular formula is C10H14N4O3S. The van der Waals surface area contributed by atoms with Crippen LogP contribution in [0, 0.1) is 0 Å². The molecule has 8 heteroatoms. The van der Waals surface area contributed by atoms with Crippen molar-refractivity contribution in [1.82, 2.24) is 14.9 Å². The van der Waals surface area contributed by atoms with Gasteiger partial charge in [0.1, 0.15) is 10.7 Å². The van der Waals surface area contributed by atoms with Gasteiger partial charge < -0.3 is 4.52 Å². The number of sulfonamides is 1. The van der Waals surface area contributed by atoms with Gasteiger partial charge in [0.2, 0.25) is 0 Å². The van der Waals surface area contributed by atoms with E-state index in [2.05, 4.69) is 15.0 Å². The predicted molar refractivity (Wildman–Crippen MR) is 64.6 cm³/mol. The van der Waals surface area contributed by atoms with Crippen LogP contribution in [-0.2, 0) is 17.1 Å². The summed E-state index contributed by atoms with van der Waals surface area (Å²) in [5.41, 5.74) is 0. The molecule has 2 aromatic heterocycles. The molecular weight excluding hydrogens is 256 g/mol. The molecule has 0 fully saturated rings. The zero-order chi connectivity index (χ0) is 13.3. The summed E-state index contributed by atoms with van der Waals surface area (Å²) >= 11 is 0. The van der Waals surface area contributed by atoms with Gasteiger partial charge in [0.25, 0.3) is 10.0 Å². The van der Waals surface area contributed by atoms with Crippen molar-refractivity contribution in [3.8, 4) is 0 Å². The summed E-state index contributed by atoms with van der Waals surface area (Å²) in [6, 6.07) is 1.57. The summed E-state index contributed by atoms with van der Waals surface area (Å²) in [4.78, 5) is 0.0825. The van der Waals surface area contributed by atoms with Crippen molar-refractivity contribution >= 4 is 15.8 Å². The average molecular weight is 270 g/mol. The van der Waals surface area contributed by atoms with Crippen molar-refractivity contribution in [2.75, 3.05) is 4.72 Å². The van der Waals surface area contributed by atoms with E-state index in [1.54, 1.807) is 13.1 Å². The number of hydrogen-bond acceptors (Lipinski definition) is 5. The molecule has 0 unspecified atom stereocenters. The molecule has 2 rings (SSSR count). The number of aromatic nitrogens is 3. The molecule has 2 aromatic rings. The number of nitrogens with one attached hydrogen (secondary N) is 1. The number of nitrogens with zero attached hydrogens (tertiary/aromatic N) is 3. The van der Waals surface area contributed by atoms with Crippen LogP contribution in [0.3, 0.4) is 0 Å². The molecule has 18 heavy (non-hydrogen) atoms. The number of aryl methyl sites for hydroxylation is 1.